The van der Waals surface area contributed by atoms with Gasteiger partial charge >= 0.3 is 0 Å². The van der Waals surface area contributed by atoms with Gasteiger partial charge in [-0.15, -0.1) is 0 Å². The number of nitrogens with zero attached hydrogens (tertiary/aromatic N) is 2. The molecule has 5 heteroatoms. The van der Waals surface area contributed by atoms with Gasteiger partial charge in [0.05, 0.1) is 11.7 Å². The highest BCUT2D eigenvalue weighted by molar-refractivity contribution is 5.22. The second kappa shape index (κ2) is 6.33. The molecule has 0 bridgehead atoms. The van der Waals surface area contributed by atoms with Crippen LogP contribution in [0.4, 0.5) is 8.78 Å². The summed E-state index contributed by atoms with van der Waals surface area (Å²) in [5.41, 5.74) is 1.10. The van der Waals surface area contributed by atoms with Gasteiger partial charge in [-0.25, -0.2) is 18.7 Å². The zero-order valence-corrected chi connectivity index (χ0v) is 10.6. The molecule has 0 fully saturated rings. The van der Waals surface area contributed by atoms with Crippen LogP contribution in [0.2, 0.25) is 0 Å². The number of halogens is 2. The Morgan fingerprint density at radius 3 is 2.79 bits per heavy atom. The van der Waals surface area contributed by atoms with Crippen LogP contribution in [0.15, 0.2) is 36.8 Å². The molecule has 100 valence electrons. The van der Waals surface area contributed by atoms with Crippen molar-refractivity contribution in [1.29, 1.82) is 0 Å². The van der Waals surface area contributed by atoms with Gasteiger partial charge in [-0.1, -0.05) is 19.1 Å². The van der Waals surface area contributed by atoms with Gasteiger partial charge in [0.25, 0.3) is 0 Å². The van der Waals surface area contributed by atoms with E-state index < -0.39 is 11.6 Å². The number of aromatic nitrogens is 2. The number of nitrogens with one attached hydrogen (secondary N) is 1. The predicted octanol–water partition coefficient (Wildman–Crippen LogP) is 2.65. The summed E-state index contributed by atoms with van der Waals surface area (Å²) in [7, 11) is 0. The van der Waals surface area contributed by atoms with Gasteiger partial charge in [-0.05, 0) is 30.7 Å². The summed E-state index contributed by atoms with van der Waals surface area (Å²) in [6.45, 7) is 2.67. The van der Waals surface area contributed by atoms with Gasteiger partial charge in [-0.3, -0.25) is 0 Å². The third kappa shape index (κ3) is 3.32. The van der Waals surface area contributed by atoms with Crippen LogP contribution >= 0.6 is 0 Å². The van der Waals surface area contributed by atoms with Gasteiger partial charge in [0, 0.05) is 6.20 Å². The van der Waals surface area contributed by atoms with Crippen molar-refractivity contribution in [2.24, 2.45) is 0 Å². The predicted molar refractivity (Wildman–Crippen MR) is 68.5 cm³/mol. The van der Waals surface area contributed by atoms with Crippen LogP contribution in [0.3, 0.4) is 0 Å². The average molecular weight is 263 g/mol. The molecular weight excluding hydrogens is 248 g/mol. The molecule has 3 nitrogen and oxygen atoms in total. The zero-order chi connectivity index (χ0) is 13.7. The number of benzene rings is 1. The summed E-state index contributed by atoms with van der Waals surface area (Å²) >= 11 is 0. The molecule has 0 spiro atoms. The van der Waals surface area contributed by atoms with E-state index in [0.717, 1.165) is 11.8 Å². The van der Waals surface area contributed by atoms with E-state index in [2.05, 4.69) is 15.3 Å². The minimum atomic E-state index is -0.824. The molecule has 0 aliphatic rings. The fourth-order valence-corrected chi connectivity index (χ4v) is 1.96. The Kier molecular flexibility index (Phi) is 4.52. The largest absolute Gasteiger partial charge is 0.309 e. The summed E-state index contributed by atoms with van der Waals surface area (Å²) in [6, 6.07) is 5.82. The Morgan fingerprint density at radius 1 is 1.26 bits per heavy atom. The van der Waals surface area contributed by atoms with Crippen molar-refractivity contribution in [3.05, 3.63) is 59.7 Å². The molecule has 0 radical (unpaired) electrons. The first kappa shape index (κ1) is 13.5. The summed E-state index contributed by atoms with van der Waals surface area (Å²) in [4.78, 5) is 8.01. The molecule has 1 aromatic heterocycles. The lowest BCUT2D eigenvalue weighted by Crippen LogP contribution is -2.24. The van der Waals surface area contributed by atoms with Crippen LogP contribution < -0.4 is 5.32 Å². The molecule has 0 saturated carbocycles. The molecule has 1 aromatic carbocycles. The van der Waals surface area contributed by atoms with Gasteiger partial charge in [0.2, 0.25) is 0 Å². The third-order valence-electron chi connectivity index (χ3n) is 2.87. The van der Waals surface area contributed by atoms with Crippen LogP contribution in [-0.2, 0) is 6.42 Å². The van der Waals surface area contributed by atoms with Gasteiger partial charge < -0.3 is 5.32 Å². The van der Waals surface area contributed by atoms with Crippen molar-refractivity contribution in [3.63, 3.8) is 0 Å². The summed E-state index contributed by atoms with van der Waals surface area (Å²) in [6.07, 6.45) is 3.42. The molecule has 0 saturated heterocycles. The lowest BCUT2D eigenvalue weighted by Gasteiger charge is -2.17. The fourth-order valence-electron chi connectivity index (χ4n) is 1.96. The summed E-state index contributed by atoms with van der Waals surface area (Å²) in [5.74, 6) is -1.62. The van der Waals surface area contributed by atoms with E-state index in [9.17, 15) is 8.78 Å². The average Bonchev–Trinajstić information content (AvgIpc) is 2.44. The second-order valence-corrected chi connectivity index (χ2v) is 4.16. The molecule has 1 N–H and O–H groups in total. The van der Waals surface area contributed by atoms with Crippen molar-refractivity contribution in [3.8, 4) is 0 Å². The molecule has 2 rings (SSSR count). The molecule has 0 aliphatic carbocycles. The van der Waals surface area contributed by atoms with E-state index in [0.29, 0.717) is 18.5 Å². The Hall–Kier alpha value is -1.88. The standard InChI is InChI=1S/C14H15F2N3/c1-2-18-13(12-6-7-17-9-19-12)8-10-4-3-5-11(15)14(10)16/h3-7,9,13,18H,2,8H2,1H3. The highest BCUT2D eigenvalue weighted by atomic mass is 19.2. The second-order valence-electron chi connectivity index (χ2n) is 4.16. The molecule has 1 atom stereocenters. The molecule has 0 amide bonds. The lowest BCUT2D eigenvalue weighted by molar-refractivity contribution is 0.478. The Balaban J connectivity index is 2.24. The topological polar surface area (TPSA) is 37.8 Å². The number of hydrogen-bond donors (Lipinski definition) is 1. The Morgan fingerprint density at radius 2 is 2.11 bits per heavy atom. The van der Waals surface area contributed by atoms with E-state index >= 15 is 0 Å². The first-order valence-electron chi connectivity index (χ1n) is 6.14. The zero-order valence-electron chi connectivity index (χ0n) is 10.6. The quantitative estimate of drug-likeness (QED) is 0.901. The van der Waals surface area contributed by atoms with E-state index in [-0.39, 0.29) is 6.04 Å². The molecule has 2 aromatic rings. The van der Waals surface area contributed by atoms with Crippen molar-refractivity contribution in [2.45, 2.75) is 19.4 Å². The fraction of sp³-hybridized carbons (Fsp3) is 0.286. The van der Waals surface area contributed by atoms with Crippen LogP contribution in [-0.4, -0.2) is 16.5 Å². The lowest BCUT2D eigenvalue weighted by atomic mass is 10.0. The van der Waals surface area contributed by atoms with Crippen LogP contribution in [0.1, 0.15) is 24.2 Å². The molecule has 1 unspecified atom stereocenters. The van der Waals surface area contributed by atoms with Crippen LogP contribution in [0, 0.1) is 11.6 Å². The third-order valence-corrected chi connectivity index (χ3v) is 2.87. The van der Waals surface area contributed by atoms with Crippen molar-refractivity contribution in [1.82, 2.24) is 15.3 Å². The maximum Gasteiger partial charge on any atom is 0.162 e. The minimum absolute atomic E-state index is 0.163. The van der Waals surface area contributed by atoms with Crippen molar-refractivity contribution >= 4 is 0 Å². The van der Waals surface area contributed by atoms with E-state index in [1.54, 1.807) is 18.3 Å². The number of rotatable bonds is 5. The molecule has 0 aliphatic heterocycles. The van der Waals surface area contributed by atoms with E-state index in [4.69, 9.17) is 0 Å². The van der Waals surface area contributed by atoms with Crippen molar-refractivity contribution < 1.29 is 8.78 Å². The smallest absolute Gasteiger partial charge is 0.162 e. The van der Waals surface area contributed by atoms with Gasteiger partial charge in [-0.2, -0.15) is 0 Å². The Labute approximate surface area is 110 Å². The molecule has 19 heavy (non-hydrogen) atoms. The number of likely N-dealkylation sites (N-methyl/N-ethyl adjacent to an activating group) is 1. The summed E-state index contributed by atoms with van der Waals surface area (Å²) in [5, 5.41) is 3.21. The normalized spacial score (nSPS) is 12.4. The maximum absolute atomic E-state index is 13.7. The Bertz CT molecular complexity index is 531. The highest BCUT2D eigenvalue weighted by Crippen LogP contribution is 2.19. The first-order valence-corrected chi connectivity index (χ1v) is 6.14. The first-order chi connectivity index (χ1) is 9.22. The van der Waals surface area contributed by atoms with E-state index in [1.807, 2.05) is 6.92 Å². The van der Waals surface area contributed by atoms with Crippen molar-refractivity contribution in [2.75, 3.05) is 6.54 Å². The van der Waals surface area contributed by atoms with Crippen LogP contribution in [0.25, 0.3) is 0 Å². The highest BCUT2D eigenvalue weighted by Gasteiger charge is 2.16. The van der Waals surface area contributed by atoms with Crippen LogP contribution in [0.5, 0.6) is 0 Å². The minimum Gasteiger partial charge on any atom is -0.309 e. The maximum atomic E-state index is 13.7. The van der Waals surface area contributed by atoms with E-state index in [1.165, 1.54) is 12.4 Å². The monoisotopic (exact) mass is 263 g/mol. The SMILES string of the molecule is CCNC(Cc1cccc(F)c1F)c1ccncn1. The summed E-state index contributed by atoms with van der Waals surface area (Å²) < 4.78 is 26.9. The van der Waals surface area contributed by atoms with Gasteiger partial charge in [0.1, 0.15) is 6.33 Å². The van der Waals surface area contributed by atoms with Gasteiger partial charge in [0.15, 0.2) is 11.6 Å². The molecular formula is C14H15F2N3. The number of hydrogen-bond acceptors (Lipinski definition) is 3. The molecule has 1 heterocycles.